The molecular weight excluding hydrogens is 430 g/mol. The maximum Gasteiger partial charge on any atom is 0.335 e. The third kappa shape index (κ3) is 2.53. The number of carbonyl (C=O) groups is 1. The molecule has 7 heteroatoms. The van der Waals surface area contributed by atoms with E-state index < -0.39 is 0 Å². The lowest BCUT2D eigenvalue weighted by atomic mass is 10.3. The highest BCUT2D eigenvalue weighted by Gasteiger charge is 2.21. The third-order valence-corrected chi connectivity index (χ3v) is 4.71. The number of para-hydroxylation sites is 1. The maximum absolute atomic E-state index is 12.4. The van der Waals surface area contributed by atoms with Gasteiger partial charge in [-0.1, -0.05) is 18.2 Å². The Morgan fingerprint density at radius 2 is 1.83 bits per heavy atom. The third-order valence-electron chi connectivity index (χ3n) is 2.36. The van der Waals surface area contributed by atoms with E-state index in [9.17, 15) is 4.79 Å². The smallest absolute Gasteiger partial charge is 0.297 e. The minimum absolute atomic E-state index is 0.210. The minimum atomic E-state index is -0.210. The second kappa shape index (κ2) is 5.54. The van der Waals surface area contributed by atoms with Crippen LogP contribution in [0.3, 0.4) is 0 Å². The van der Waals surface area contributed by atoms with Gasteiger partial charge in [0.1, 0.15) is 9.21 Å². The summed E-state index contributed by atoms with van der Waals surface area (Å²) in [7, 11) is 1.71. The standard InChI is InChI=1S/C11H8Br3N3O/c1-16(7-5-3-2-4-6-7)11(18)17-9(13)8(12)15-10(17)14/h2-6H,1H3. The number of carbonyl (C=O) groups excluding carboxylic acids is 1. The first-order valence-corrected chi connectivity index (χ1v) is 7.32. The van der Waals surface area contributed by atoms with Gasteiger partial charge in [0.2, 0.25) is 0 Å². The summed E-state index contributed by atoms with van der Waals surface area (Å²) < 4.78 is 3.01. The highest BCUT2D eigenvalue weighted by molar-refractivity contribution is 9.13. The molecule has 0 saturated heterocycles. The van der Waals surface area contributed by atoms with Crippen LogP contribution >= 0.6 is 47.8 Å². The molecular formula is C11H8Br3N3O. The van der Waals surface area contributed by atoms with Crippen LogP contribution in [0.5, 0.6) is 0 Å². The van der Waals surface area contributed by atoms with E-state index in [1.54, 1.807) is 11.9 Å². The first-order valence-electron chi connectivity index (χ1n) is 4.94. The van der Waals surface area contributed by atoms with Gasteiger partial charge in [-0.25, -0.2) is 14.3 Å². The maximum atomic E-state index is 12.4. The highest BCUT2D eigenvalue weighted by atomic mass is 79.9. The SMILES string of the molecule is CN(C(=O)n1c(Br)nc(Br)c1Br)c1ccccc1. The van der Waals surface area contributed by atoms with Gasteiger partial charge in [0, 0.05) is 12.7 Å². The van der Waals surface area contributed by atoms with Crippen LogP contribution in [-0.4, -0.2) is 22.6 Å². The molecule has 1 amide bonds. The van der Waals surface area contributed by atoms with Gasteiger partial charge in [0.15, 0.2) is 4.73 Å². The van der Waals surface area contributed by atoms with Crippen LogP contribution in [0, 0.1) is 0 Å². The Morgan fingerprint density at radius 3 is 2.33 bits per heavy atom. The van der Waals surface area contributed by atoms with Crippen LogP contribution in [0.1, 0.15) is 0 Å². The average Bonchev–Trinajstić information content (AvgIpc) is 2.63. The molecule has 0 radical (unpaired) electrons. The predicted octanol–water partition coefficient (Wildman–Crippen LogP) is 4.28. The number of rotatable bonds is 1. The summed E-state index contributed by atoms with van der Waals surface area (Å²) in [6.45, 7) is 0. The van der Waals surface area contributed by atoms with Crippen molar-refractivity contribution in [2.24, 2.45) is 0 Å². The van der Waals surface area contributed by atoms with Crippen LogP contribution in [0.4, 0.5) is 10.5 Å². The molecule has 0 unspecified atom stereocenters. The van der Waals surface area contributed by atoms with Crippen LogP contribution in [-0.2, 0) is 0 Å². The van der Waals surface area contributed by atoms with Crippen LogP contribution in [0.15, 0.2) is 44.3 Å². The number of imidazole rings is 1. The van der Waals surface area contributed by atoms with Crippen molar-refractivity contribution >= 4 is 59.5 Å². The molecule has 2 rings (SSSR count). The molecule has 1 aromatic heterocycles. The van der Waals surface area contributed by atoms with Crippen LogP contribution in [0.2, 0.25) is 0 Å². The van der Waals surface area contributed by atoms with Gasteiger partial charge in [0.25, 0.3) is 0 Å². The molecule has 0 aliphatic rings. The predicted molar refractivity (Wildman–Crippen MR) is 81.0 cm³/mol. The monoisotopic (exact) mass is 435 g/mol. The van der Waals surface area contributed by atoms with Gasteiger partial charge in [-0.15, -0.1) is 0 Å². The molecule has 0 bridgehead atoms. The van der Waals surface area contributed by atoms with Crippen molar-refractivity contribution in [3.8, 4) is 0 Å². The first-order chi connectivity index (χ1) is 8.52. The molecule has 18 heavy (non-hydrogen) atoms. The number of anilines is 1. The van der Waals surface area contributed by atoms with Crippen molar-refractivity contribution in [2.45, 2.75) is 0 Å². The number of nitrogens with zero attached hydrogens (tertiary/aromatic N) is 3. The Labute approximate surface area is 129 Å². The molecule has 4 nitrogen and oxygen atoms in total. The Bertz CT molecular complexity index is 583. The lowest BCUT2D eigenvalue weighted by Crippen LogP contribution is -2.31. The first kappa shape index (κ1) is 13.8. The summed E-state index contributed by atoms with van der Waals surface area (Å²) in [6.07, 6.45) is 0. The van der Waals surface area contributed by atoms with Gasteiger partial charge >= 0.3 is 6.03 Å². The molecule has 0 saturated carbocycles. The normalized spacial score (nSPS) is 10.4. The molecule has 0 N–H and O–H groups in total. The second-order valence-corrected chi connectivity index (χ2v) is 5.69. The number of halogens is 3. The van der Waals surface area contributed by atoms with E-state index in [4.69, 9.17) is 0 Å². The molecule has 0 fully saturated rings. The van der Waals surface area contributed by atoms with Gasteiger partial charge in [-0.2, -0.15) is 0 Å². The summed E-state index contributed by atoms with van der Waals surface area (Å²) in [5.74, 6) is 0. The average molecular weight is 438 g/mol. The number of amides is 1. The Morgan fingerprint density at radius 1 is 1.22 bits per heavy atom. The molecule has 0 aliphatic heterocycles. The Balaban J connectivity index is 2.38. The summed E-state index contributed by atoms with van der Waals surface area (Å²) in [6, 6.07) is 9.19. The second-order valence-electron chi connectivity index (χ2n) is 3.48. The zero-order chi connectivity index (χ0) is 13.3. The lowest BCUT2D eigenvalue weighted by molar-refractivity contribution is 0.248. The molecule has 2 aromatic rings. The highest BCUT2D eigenvalue weighted by Crippen LogP contribution is 2.28. The lowest BCUT2D eigenvalue weighted by Gasteiger charge is -2.18. The molecule has 1 heterocycles. The number of aromatic nitrogens is 2. The van der Waals surface area contributed by atoms with Crippen molar-refractivity contribution in [3.63, 3.8) is 0 Å². The zero-order valence-corrected chi connectivity index (χ0v) is 14.0. The quantitative estimate of drug-likeness (QED) is 0.668. The van der Waals surface area contributed by atoms with Gasteiger partial charge in [0.05, 0.1) is 0 Å². The van der Waals surface area contributed by atoms with E-state index in [0.717, 1.165) is 5.69 Å². The summed E-state index contributed by atoms with van der Waals surface area (Å²) in [4.78, 5) is 18.0. The number of benzene rings is 1. The van der Waals surface area contributed by atoms with E-state index in [-0.39, 0.29) is 6.03 Å². The van der Waals surface area contributed by atoms with E-state index >= 15 is 0 Å². The van der Waals surface area contributed by atoms with Crippen molar-refractivity contribution < 1.29 is 4.79 Å². The zero-order valence-electron chi connectivity index (χ0n) is 9.27. The topological polar surface area (TPSA) is 38.1 Å². The molecule has 1 aromatic carbocycles. The number of hydrogen-bond donors (Lipinski definition) is 0. The fraction of sp³-hybridized carbons (Fsp3) is 0.0909. The number of hydrogen-bond acceptors (Lipinski definition) is 2. The Hall–Kier alpha value is -0.660. The Kier molecular flexibility index (Phi) is 4.24. The van der Waals surface area contributed by atoms with Crippen LogP contribution < -0.4 is 4.90 Å². The summed E-state index contributed by atoms with van der Waals surface area (Å²) in [5, 5.41) is 0. The summed E-state index contributed by atoms with van der Waals surface area (Å²) in [5.41, 5.74) is 0.811. The summed E-state index contributed by atoms with van der Waals surface area (Å²) >= 11 is 9.83. The van der Waals surface area contributed by atoms with E-state index in [2.05, 4.69) is 52.8 Å². The van der Waals surface area contributed by atoms with Gasteiger partial charge in [-0.05, 0) is 59.9 Å². The molecule has 94 valence electrons. The molecule has 0 atom stereocenters. The van der Waals surface area contributed by atoms with Crippen molar-refractivity contribution in [3.05, 3.63) is 44.3 Å². The van der Waals surface area contributed by atoms with Crippen molar-refractivity contribution in [1.29, 1.82) is 0 Å². The minimum Gasteiger partial charge on any atom is -0.297 e. The fourth-order valence-electron chi connectivity index (χ4n) is 1.43. The van der Waals surface area contributed by atoms with E-state index in [1.165, 1.54) is 4.57 Å². The molecule has 0 aliphatic carbocycles. The van der Waals surface area contributed by atoms with Crippen molar-refractivity contribution in [2.75, 3.05) is 11.9 Å². The van der Waals surface area contributed by atoms with Gasteiger partial charge < -0.3 is 0 Å². The largest absolute Gasteiger partial charge is 0.335 e. The van der Waals surface area contributed by atoms with E-state index in [0.29, 0.717) is 13.9 Å². The van der Waals surface area contributed by atoms with Crippen molar-refractivity contribution in [1.82, 2.24) is 9.55 Å². The molecule has 0 spiro atoms. The van der Waals surface area contributed by atoms with Gasteiger partial charge in [-0.3, -0.25) is 4.90 Å². The van der Waals surface area contributed by atoms with Crippen LogP contribution in [0.25, 0.3) is 0 Å². The fourth-order valence-corrected chi connectivity index (χ4v) is 3.16. The van der Waals surface area contributed by atoms with E-state index in [1.807, 2.05) is 30.3 Å².